The van der Waals surface area contributed by atoms with Gasteiger partial charge in [0.15, 0.2) is 0 Å². The molecule has 1 saturated heterocycles. The van der Waals surface area contributed by atoms with Gasteiger partial charge in [-0.15, -0.1) is 11.3 Å². The van der Waals surface area contributed by atoms with Crippen LogP contribution in [0.2, 0.25) is 0 Å². The van der Waals surface area contributed by atoms with E-state index in [9.17, 15) is 14.7 Å². The summed E-state index contributed by atoms with van der Waals surface area (Å²) in [4.78, 5) is 27.7. The average molecular weight is 365 g/mol. The Morgan fingerprint density at radius 2 is 1.88 bits per heavy atom. The summed E-state index contributed by atoms with van der Waals surface area (Å²) >= 11 is 1.43. The number of aliphatic hydroxyl groups is 1. The molecule has 4 rings (SSSR count). The van der Waals surface area contributed by atoms with Crippen LogP contribution >= 0.6 is 11.3 Å². The Morgan fingerprint density at radius 1 is 1.08 bits per heavy atom. The molecule has 1 aromatic carbocycles. The number of ketones is 1. The third-order valence-electron chi connectivity index (χ3n) is 4.31. The van der Waals surface area contributed by atoms with Gasteiger partial charge in [-0.3, -0.25) is 9.59 Å². The van der Waals surface area contributed by atoms with E-state index in [1.165, 1.54) is 22.5 Å². The lowest BCUT2D eigenvalue weighted by atomic mass is 10.00. The normalized spacial score (nSPS) is 19.2. The van der Waals surface area contributed by atoms with Gasteiger partial charge >= 0.3 is 0 Å². The number of benzene rings is 1. The van der Waals surface area contributed by atoms with Gasteiger partial charge in [0.05, 0.1) is 18.4 Å². The van der Waals surface area contributed by atoms with E-state index >= 15 is 0 Å². The van der Waals surface area contributed by atoms with E-state index in [1.54, 1.807) is 36.4 Å². The van der Waals surface area contributed by atoms with Gasteiger partial charge in [0, 0.05) is 10.4 Å². The number of likely N-dealkylation sites (tertiary alicyclic amines) is 1. The van der Waals surface area contributed by atoms with Crippen LogP contribution in [0.4, 0.5) is 0 Å². The Balaban J connectivity index is 1.84. The van der Waals surface area contributed by atoms with Crippen LogP contribution in [0.5, 0.6) is 0 Å². The maximum absolute atomic E-state index is 12.7. The molecular formula is C20H15NO4S. The Labute approximate surface area is 153 Å². The summed E-state index contributed by atoms with van der Waals surface area (Å²) in [5.74, 6) is -0.911. The van der Waals surface area contributed by atoms with Crippen LogP contribution in [0.3, 0.4) is 0 Å². The summed E-state index contributed by atoms with van der Waals surface area (Å²) in [5.41, 5.74) is 0.611. The standard InChI is InChI=1S/C20H15NO4S/c22-18(13-6-2-1-3-7-13)16-17(15-9-5-11-26-15)21(20(24)19(16)23)12-14-8-4-10-25-14/h1-11,17,22H,12H2/b18-16+/t17-/m1/s1. The van der Waals surface area contributed by atoms with Crippen molar-refractivity contribution in [2.75, 3.05) is 0 Å². The number of amides is 1. The highest BCUT2D eigenvalue weighted by molar-refractivity contribution is 7.10. The van der Waals surface area contributed by atoms with Crippen LogP contribution in [-0.4, -0.2) is 21.7 Å². The third kappa shape index (κ3) is 2.74. The van der Waals surface area contributed by atoms with E-state index in [4.69, 9.17) is 4.42 Å². The van der Waals surface area contributed by atoms with Crippen LogP contribution < -0.4 is 0 Å². The smallest absolute Gasteiger partial charge is 0.296 e. The molecule has 0 saturated carbocycles. The summed E-state index contributed by atoms with van der Waals surface area (Å²) in [6, 6.07) is 15.3. The number of aliphatic hydroxyl groups excluding tert-OH is 1. The van der Waals surface area contributed by atoms with Gasteiger partial charge in [0.2, 0.25) is 0 Å². The molecule has 130 valence electrons. The van der Waals surface area contributed by atoms with Gasteiger partial charge in [-0.1, -0.05) is 36.4 Å². The molecule has 1 fully saturated rings. The van der Waals surface area contributed by atoms with Crippen molar-refractivity contribution in [1.82, 2.24) is 4.90 Å². The highest BCUT2D eigenvalue weighted by atomic mass is 32.1. The number of carbonyl (C=O) groups excluding carboxylic acids is 2. The molecule has 3 heterocycles. The Kier molecular flexibility index (Phi) is 4.18. The number of hydrogen-bond donors (Lipinski definition) is 1. The van der Waals surface area contributed by atoms with Gasteiger partial charge in [-0.05, 0) is 23.6 Å². The van der Waals surface area contributed by atoms with E-state index in [1.807, 2.05) is 23.6 Å². The van der Waals surface area contributed by atoms with Gasteiger partial charge < -0.3 is 14.4 Å². The number of rotatable bonds is 4. The lowest BCUT2D eigenvalue weighted by Crippen LogP contribution is -2.28. The topological polar surface area (TPSA) is 70.8 Å². The second-order valence-electron chi connectivity index (χ2n) is 5.89. The van der Waals surface area contributed by atoms with Crippen LogP contribution in [-0.2, 0) is 16.1 Å². The average Bonchev–Trinajstić information content (AvgIpc) is 3.41. The molecule has 6 heteroatoms. The monoisotopic (exact) mass is 365 g/mol. The van der Waals surface area contributed by atoms with E-state index in [-0.39, 0.29) is 17.9 Å². The van der Waals surface area contributed by atoms with Gasteiger partial charge in [-0.2, -0.15) is 0 Å². The zero-order chi connectivity index (χ0) is 18.1. The zero-order valence-corrected chi connectivity index (χ0v) is 14.5. The van der Waals surface area contributed by atoms with E-state index < -0.39 is 17.7 Å². The van der Waals surface area contributed by atoms with Crippen molar-refractivity contribution < 1.29 is 19.1 Å². The first-order valence-electron chi connectivity index (χ1n) is 8.06. The Hall–Kier alpha value is -3.12. The molecule has 0 spiro atoms. The summed E-state index contributed by atoms with van der Waals surface area (Å²) in [6.07, 6.45) is 1.52. The molecule has 1 amide bonds. The predicted molar refractivity (Wildman–Crippen MR) is 97.3 cm³/mol. The number of carbonyl (C=O) groups is 2. The van der Waals surface area contributed by atoms with Crippen molar-refractivity contribution >= 4 is 28.8 Å². The number of nitrogens with zero attached hydrogens (tertiary/aromatic N) is 1. The first-order valence-corrected chi connectivity index (χ1v) is 8.94. The molecule has 0 bridgehead atoms. The molecular weight excluding hydrogens is 350 g/mol. The van der Waals surface area contributed by atoms with E-state index in [0.29, 0.717) is 11.3 Å². The molecule has 1 N–H and O–H groups in total. The number of furan rings is 1. The van der Waals surface area contributed by atoms with Crippen molar-refractivity contribution in [2.24, 2.45) is 0 Å². The number of hydrogen-bond acceptors (Lipinski definition) is 5. The van der Waals surface area contributed by atoms with Crippen molar-refractivity contribution in [1.29, 1.82) is 0 Å². The second kappa shape index (κ2) is 6.65. The van der Waals surface area contributed by atoms with Crippen molar-refractivity contribution in [2.45, 2.75) is 12.6 Å². The van der Waals surface area contributed by atoms with Crippen molar-refractivity contribution in [3.8, 4) is 0 Å². The highest BCUT2D eigenvalue weighted by Crippen LogP contribution is 2.41. The SMILES string of the molecule is O=C1C(=O)N(Cc2ccco2)[C@H](c2cccs2)/C1=C(\O)c1ccccc1. The molecule has 0 aliphatic carbocycles. The summed E-state index contributed by atoms with van der Waals surface area (Å²) in [6.45, 7) is 0.158. The van der Waals surface area contributed by atoms with Crippen LogP contribution in [0.1, 0.15) is 22.2 Å². The number of Topliss-reactive ketones (excluding diaryl/α,β-unsaturated/α-hetero) is 1. The van der Waals surface area contributed by atoms with Gasteiger partial charge in [-0.25, -0.2) is 0 Å². The molecule has 5 nitrogen and oxygen atoms in total. The highest BCUT2D eigenvalue weighted by Gasteiger charge is 2.46. The fourth-order valence-electron chi connectivity index (χ4n) is 3.11. The Bertz CT molecular complexity index is 959. The lowest BCUT2D eigenvalue weighted by Gasteiger charge is -2.23. The number of thiophene rings is 1. The minimum Gasteiger partial charge on any atom is -0.507 e. The van der Waals surface area contributed by atoms with Crippen molar-refractivity contribution in [3.05, 3.63) is 88.0 Å². The lowest BCUT2D eigenvalue weighted by molar-refractivity contribution is -0.140. The summed E-state index contributed by atoms with van der Waals surface area (Å²) in [7, 11) is 0. The van der Waals surface area contributed by atoms with E-state index in [0.717, 1.165) is 4.88 Å². The predicted octanol–water partition coefficient (Wildman–Crippen LogP) is 3.96. The van der Waals surface area contributed by atoms with Crippen molar-refractivity contribution in [3.63, 3.8) is 0 Å². The minimum absolute atomic E-state index is 0.107. The molecule has 1 atom stereocenters. The molecule has 0 unspecified atom stereocenters. The minimum atomic E-state index is -0.684. The Morgan fingerprint density at radius 3 is 2.54 bits per heavy atom. The zero-order valence-electron chi connectivity index (χ0n) is 13.7. The largest absolute Gasteiger partial charge is 0.507 e. The molecule has 2 aromatic heterocycles. The molecule has 0 radical (unpaired) electrons. The fraction of sp³-hybridized carbons (Fsp3) is 0.100. The molecule has 1 aliphatic rings. The maximum Gasteiger partial charge on any atom is 0.296 e. The molecule has 3 aromatic rings. The third-order valence-corrected chi connectivity index (χ3v) is 5.23. The maximum atomic E-state index is 12.7. The van der Waals surface area contributed by atoms with Crippen LogP contribution in [0.25, 0.3) is 5.76 Å². The van der Waals surface area contributed by atoms with Crippen LogP contribution in [0, 0.1) is 0 Å². The summed E-state index contributed by atoms with van der Waals surface area (Å²) in [5, 5.41) is 12.7. The second-order valence-corrected chi connectivity index (χ2v) is 6.87. The fourth-order valence-corrected chi connectivity index (χ4v) is 3.95. The quantitative estimate of drug-likeness (QED) is 0.432. The summed E-state index contributed by atoms with van der Waals surface area (Å²) < 4.78 is 5.34. The first-order chi connectivity index (χ1) is 12.7. The van der Waals surface area contributed by atoms with Gasteiger partial charge in [0.25, 0.3) is 11.7 Å². The first kappa shape index (κ1) is 16.4. The molecule has 26 heavy (non-hydrogen) atoms. The van der Waals surface area contributed by atoms with Crippen LogP contribution in [0.15, 0.2) is 76.2 Å². The van der Waals surface area contributed by atoms with Gasteiger partial charge in [0.1, 0.15) is 17.6 Å². The van der Waals surface area contributed by atoms with E-state index in [2.05, 4.69) is 0 Å². The molecule has 1 aliphatic heterocycles.